The Balaban J connectivity index is 1.27. The monoisotopic (exact) mass is 717 g/mol. The van der Waals surface area contributed by atoms with Crippen LogP contribution in [0.1, 0.15) is 82.9 Å². The predicted octanol–water partition coefficient (Wildman–Crippen LogP) is 3.09. The molecule has 1 saturated carbocycles. The number of carbonyl (C=O) groups is 5. The SMILES string of the molecule is C=CC(C)C(C)(NC(=O)C1CCCN1CC(=O)C(NC(=O)OCCCCc1cccc2c1CN(C(=O)O)C2)C(C)C)C(=O)NS(=O)(=O)C1CC1. The van der Waals surface area contributed by atoms with Crippen molar-refractivity contribution in [3.63, 3.8) is 0 Å². The Morgan fingerprint density at radius 2 is 1.82 bits per heavy atom. The number of Topliss-reactive ketones (excluding diaryl/α,β-unsaturated/α-hetero) is 1. The molecule has 2 fully saturated rings. The molecule has 1 aromatic rings. The molecule has 15 heteroatoms. The Morgan fingerprint density at radius 1 is 1.10 bits per heavy atom. The van der Waals surface area contributed by atoms with E-state index in [0.717, 1.165) is 29.5 Å². The van der Waals surface area contributed by atoms with Gasteiger partial charge in [-0.25, -0.2) is 18.0 Å². The van der Waals surface area contributed by atoms with E-state index in [2.05, 4.69) is 21.9 Å². The van der Waals surface area contributed by atoms with E-state index in [1.54, 1.807) is 25.7 Å². The minimum atomic E-state index is -3.85. The van der Waals surface area contributed by atoms with Crippen LogP contribution in [-0.2, 0) is 48.7 Å². The third-order valence-electron chi connectivity index (χ3n) is 10.1. The van der Waals surface area contributed by atoms with Gasteiger partial charge in [-0.2, -0.15) is 0 Å². The van der Waals surface area contributed by atoms with E-state index in [4.69, 9.17) is 4.74 Å². The topological polar surface area (TPSA) is 192 Å². The number of ketones is 1. The van der Waals surface area contributed by atoms with Crippen LogP contribution < -0.4 is 15.4 Å². The molecule has 4 atom stereocenters. The van der Waals surface area contributed by atoms with Crippen LogP contribution in [0.5, 0.6) is 0 Å². The molecule has 0 aromatic heterocycles. The van der Waals surface area contributed by atoms with Gasteiger partial charge in [0.25, 0.3) is 5.91 Å². The van der Waals surface area contributed by atoms with Crippen molar-refractivity contribution in [1.29, 1.82) is 0 Å². The van der Waals surface area contributed by atoms with Gasteiger partial charge in [0.2, 0.25) is 15.9 Å². The zero-order chi connectivity index (χ0) is 36.8. The molecule has 4 rings (SSSR count). The number of benzene rings is 1. The molecule has 0 radical (unpaired) electrons. The van der Waals surface area contributed by atoms with E-state index in [0.29, 0.717) is 51.7 Å². The predicted molar refractivity (Wildman–Crippen MR) is 185 cm³/mol. The fourth-order valence-electron chi connectivity index (χ4n) is 6.49. The van der Waals surface area contributed by atoms with Crippen molar-refractivity contribution in [3.05, 3.63) is 47.5 Å². The van der Waals surface area contributed by atoms with Gasteiger partial charge in [-0.1, -0.05) is 45.0 Å². The third-order valence-corrected chi connectivity index (χ3v) is 11.9. The van der Waals surface area contributed by atoms with Crippen LogP contribution in [-0.4, -0.2) is 95.7 Å². The summed E-state index contributed by atoms with van der Waals surface area (Å²) in [5.41, 5.74) is 1.53. The summed E-state index contributed by atoms with van der Waals surface area (Å²) in [4.78, 5) is 67.5. The number of aryl methyl sites for hydroxylation is 1. The number of hydrogen-bond acceptors (Lipinski definition) is 9. The Morgan fingerprint density at radius 3 is 2.46 bits per heavy atom. The quantitative estimate of drug-likeness (QED) is 0.138. The van der Waals surface area contributed by atoms with Gasteiger partial charge in [0, 0.05) is 19.0 Å². The first-order valence-corrected chi connectivity index (χ1v) is 18.9. The number of amides is 4. The van der Waals surface area contributed by atoms with Crippen molar-refractivity contribution in [2.75, 3.05) is 19.7 Å². The van der Waals surface area contributed by atoms with Crippen LogP contribution in [0.2, 0.25) is 0 Å². The van der Waals surface area contributed by atoms with Crippen molar-refractivity contribution in [2.24, 2.45) is 11.8 Å². The number of carboxylic acid groups (broad SMARTS) is 1. The summed E-state index contributed by atoms with van der Waals surface area (Å²) in [5.74, 6) is -2.51. The fourth-order valence-corrected chi connectivity index (χ4v) is 7.88. The number of hydrogen-bond donors (Lipinski definition) is 4. The van der Waals surface area contributed by atoms with E-state index in [1.165, 1.54) is 17.9 Å². The average Bonchev–Trinajstić information content (AvgIpc) is 3.67. The molecule has 4 unspecified atom stereocenters. The fraction of sp³-hybridized carbons (Fsp3) is 0.629. The molecule has 2 heterocycles. The first-order chi connectivity index (χ1) is 23.6. The maximum atomic E-state index is 13.6. The summed E-state index contributed by atoms with van der Waals surface area (Å²) in [6.07, 6.45) is 3.86. The first-order valence-electron chi connectivity index (χ1n) is 17.4. The second kappa shape index (κ2) is 16.4. The molecular formula is C35H51N5O9S. The highest BCUT2D eigenvalue weighted by atomic mass is 32.2. The number of alkyl carbamates (subject to hydrolysis) is 1. The van der Waals surface area contributed by atoms with E-state index in [1.807, 2.05) is 18.2 Å². The number of unbranched alkanes of at least 4 members (excludes halogenated alkanes) is 1. The molecule has 1 saturated heterocycles. The first kappa shape index (κ1) is 38.8. The molecular weight excluding hydrogens is 666 g/mol. The van der Waals surface area contributed by atoms with Gasteiger partial charge in [0.15, 0.2) is 5.78 Å². The summed E-state index contributed by atoms with van der Waals surface area (Å²) in [5, 5.41) is 14.2. The summed E-state index contributed by atoms with van der Waals surface area (Å²) >= 11 is 0. The van der Waals surface area contributed by atoms with Gasteiger partial charge >= 0.3 is 12.2 Å². The Kier molecular flexibility index (Phi) is 12.7. The summed E-state index contributed by atoms with van der Waals surface area (Å²) in [6, 6.07) is 4.26. The molecule has 4 N–H and O–H groups in total. The van der Waals surface area contributed by atoms with E-state index in [9.17, 15) is 37.5 Å². The molecule has 4 amide bonds. The number of likely N-dealkylation sites (tertiary alicyclic amines) is 1. The molecule has 50 heavy (non-hydrogen) atoms. The molecule has 2 aliphatic heterocycles. The van der Waals surface area contributed by atoms with Gasteiger partial charge in [-0.05, 0) is 81.0 Å². The highest BCUT2D eigenvalue weighted by Crippen LogP contribution is 2.29. The van der Waals surface area contributed by atoms with Gasteiger partial charge in [-0.15, -0.1) is 6.58 Å². The van der Waals surface area contributed by atoms with Gasteiger partial charge < -0.3 is 20.5 Å². The Bertz CT molecular complexity index is 1580. The number of nitrogens with zero attached hydrogens (tertiary/aromatic N) is 2. The zero-order valence-corrected chi connectivity index (χ0v) is 30.2. The maximum Gasteiger partial charge on any atom is 0.407 e. The highest BCUT2D eigenvalue weighted by Gasteiger charge is 2.46. The molecule has 1 aromatic carbocycles. The molecule has 0 spiro atoms. The van der Waals surface area contributed by atoms with Crippen molar-refractivity contribution in [1.82, 2.24) is 25.2 Å². The number of rotatable bonds is 17. The lowest BCUT2D eigenvalue weighted by Gasteiger charge is -2.35. The average molecular weight is 718 g/mol. The normalized spacial score (nSPS) is 19.9. The largest absolute Gasteiger partial charge is 0.465 e. The van der Waals surface area contributed by atoms with Gasteiger partial charge in [0.05, 0.1) is 30.5 Å². The van der Waals surface area contributed by atoms with Crippen LogP contribution in [0.4, 0.5) is 9.59 Å². The minimum Gasteiger partial charge on any atom is -0.465 e. The van der Waals surface area contributed by atoms with Crippen LogP contribution in [0.3, 0.4) is 0 Å². The van der Waals surface area contributed by atoms with Gasteiger partial charge in [-0.3, -0.25) is 28.9 Å². The lowest BCUT2D eigenvalue weighted by molar-refractivity contribution is -0.136. The number of ether oxygens (including phenoxy) is 1. The lowest BCUT2D eigenvalue weighted by atomic mass is 9.86. The van der Waals surface area contributed by atoms with Crippen LogP contribution in [0.25, 0.3) is 0 Å². The second-order valence-electron chi connectivity index (χ2n) is 14.1. The van der Waals surface area contributed by atoms with E-state index in [-0.39, 0.29) is 24.9 Å². The zero-order valence-electron chi connectivity index (χ0n) is 29.4. The number of carbonyl (C=O) groups excluding carboxylic acids is 4. The smallest absolute Gasteiger partial charge is 0.407 e. The Labute approximate surface area is 294 Å². The minimum absolute atomic E-state index is 0.113. The standard InChI is InChI=1S/C35H51N5O9S/c1-6-23(4)35(5,32(43)38-50(47,48)26-15-16-26)37-31(42)28-14-10-17-39(28)21-29(41)30(22(2)3)36-33(44)49-18-8-7-11-24-12-9-13-25-19-40(34(45)46)20-27(24)25/h6,9,12-13,22-23,26,28,30H,1,7-8,10-11,14-21H2,2-5H3,(H,36,44)(H,37,42)(H,38,43)(H,45,46). The van der Waals surface area contributed by atoms with Crippen molar-refractivity contribution in [2.45, 2.75) is 109 Å². The van der Waals surface area contributed by atoms with Gasteiger partial charge in [0.1, 0.15) is 5.54 Å². The third kappa shape index (κ3) is 9.42. The lowest BCUT2D eigenvalue weighted by Crippen LogP contribution is -2.63. The van der Waals surface area contributed by atoms with E-state index >= 15 is 0 Å². The highest BCUT2D eigenvalue weighted by molar-refractivity contribution is 7.91. The van der Waals surface area contributed by atoms with Crippen molar-refractivity contribution < 1.29 is 42.2 Å². The summed E-state index contributed by atoms with van der Waals surface area (Å²) in [7, 11) is -3.85. The van der Waals surface area contributed by atoms with Crippen molar-refractivity contribution in [3.8, 4) is 0 Å². The molecule has 276 valence electrons. The van der Waals surface area contributed by atoms with Crippen LogP contribution >= 0.6 is 0 Å². The molecule has 0 bridgehead atoms. The summed E-state index contributed by atoms with van der Waals surface area (Å²) < 4.78 is 32.5. The maximum absolute atomic E-state index is 13.6. The van der Waals surface area contributed by atoms with Crippen molar-refractivity contribution >= 4 is 39.8 Å². The number of nitrogens with one attached hydrogen (secondary N) is 3. The second-order valence-corrected chi connectivity index (χ2v) is 16.1. The molecule has 1 aliphatic carbocycles. The number of fused-ring (bicyclic) bond motifs is 1. The molecule has 3 aliphatic rings. The molecule has 14 nitrogen and oxygen atoms in total. The van der Waals surface area contributed by atoms with Crippen LogP contribution in [0, 0.1) is 11.8 Å². The van der Waals surface area contributed by atoms with E-state index < -0.39 is 62.8 Å². The Hall–Kier alpha value is -3.98. The summed E-state index contributed by atoms with van der Waals surface area (Å²) in [6.45, 7) is 11.7. The van der Waals surface area contributed by atoms with Crippen LogP contribution in [0.15, 0.2) is 30.9 Å². The number of sulfonamides is 1.